The van der Waals surface area contributed by atoms with E-state index in [-0.39, 0.29) is 11.6 Å². The summed E-state index contributed by atoms with van der Waals surface area (Å²) in [6.07, 6.45) is 6.56. The lowest BCUT2D eigenvalue weighted by Gasteiger charge is -2.12. The molecule has 0 radical (unpaired) electrons. The number of aromatic carboxylic acids is 1. The predicted molar refractivity (Wildman–Crippen MR) is 87.5 cm³/mol. The molecule has 2 aromatic rings. The van der Waals surface area contributed by atoms with E-state index in [4.69, 9.17) is 19.0 Å². The number of nitrogens with zero attached hydrogens (tertiary/aromatic N) is 2. The van der Waals surface area contributed by atoms with Crippen LogP contribution in [-0.2, 0) is 0 Å². The highest BCUT2D eigenvalue weighted by molar-refractivity contribution is 5.85. The summed E-state index contributed by atoms with van der Waals surface area (Å²) in [5, 5.41) is 8.92. The highest BCUT2D eigenvalue weighted by Gasteiger charge is 2.16. The van der Waals surface area contributed by atoms with Gasteiger partial charge in [0.1, 0.15) is 12.0 Å². The smallest absolute Gasteiger partial charge is 0.357 e. The van der Waals surface area contributed by atoms with Gasteiger partial charge in [-0.25, -0.2) is 14.8 Å². The van der Waals surface area contributed by atoms with Crippen molar-refractivity contribution in [1.29, 1.82) is 0 Å². The number of oxazole rings is 1. The molecule has 0 aliphatic heterocycles. The lowest BCUT2D eigenvalue weighted by atomic mass is 10.3. The third-order valence-electron chi connectivity index (χ3n) is 3.28. The van der Waals surface area contributed by atoms with E-state index in [0.29, 0.717) is 30.4 Å². The zero-order valence-corrected chi connectivity index (χ0v) is 13.9. The number of aromatic nitrogens is 2. The number of ether oxygens (including phenoxy) is 2. The van der Waals surface area contributed by atoms with Crippen molar-refractivity contribution < 1.29 is 23.8 Å². The summed E-state index contributed by atoms with van der Waals surface area (Å²) in [5.41, 5.74) is 0.236. The van der Waals surface area contributed by atoms with Gasteiger partial charge in [0, 0.05) is 6.07 Å². The summed E-state index contributed by atoms with van der Waals surface area (Å²) in [5.74, 6) is 0.102. The van der Waals surface area contributed by atoms with Crippen LogP contribution in [0.15, 0.2) is 22.9 Å². The van der Waals surface area contributed by atoms with E-state index in [1.54, 1.807) is 12.3 Å². The largest absolute Gasteiger partial charge is 0.490 e. The second-order valence-corrected chi connectivity index (χ2v) is 5.26. The molecule has 0 atom stereocenters. The van der Waals surface area contributed by atoms with Crippen molar-refractivity contribution in [2.75, 3.05) is 13.2 Å². The maximum Gasteiger partial charge on any atom is 0.357 e. The molecular weight excluding hydrogens is 312 g/mol. The zero-order chi connectivity index (χ0) is 17.4. The summed E-state index contributed by atoms with van der Waals surface area (Å²) in [6.45, 7) is 5.33. The highest BCUT2D eigenvalue weighted by Crippen LogP contribution is 2.31. The van der Waals surface area contributed by atoms with Crippen molar-refractivity contribution in [1.82, 2.24) is 9.97 Å². The van der Waals surface area contributed by atoms with E-state index in [0.717, 1.165) is 31.9 Å². The molecule has 0 bridgehead atoms. The molecule has 0 saturated heterocycles. The fourth-order valence-electron chi connectivity index (χ4n) is 1.91. The summed E-state index contributed by atoms with van der Waals surface area (Å²) in [6, 6.07) is 1.66. The van der Waals surface area contributed by atoms with Crippen LogP contribution in [0.2, 0.25) is 0 Å². The van der Waals surface area contributed by atoms with E-state index in [9.17, 15) is 4.79 Å². The molecule has 0 amide bonds. The molecule has 0 aromatic carbocycles. The Balaban J connectivity index is 2.22. The fraction of sp³-hybridized carbons (Fsp3) is 0.471. The maximum absolute atomic E-state index is 10.9. The van der Waals surface area contributed by atoms with E-state index >= 15 is 0 Å². The minimum atomic E-state index is -1.15. The molecule has 2 heterocycles. The Hall–Kier alpha value is -2.57. The lowest BCUT2D eigenvalue weighted by Crippen LogP contribution is -2.03. The minimum absolute atomic E-state index is 0.132. The molecule has 0 fully saturated rings. The van der Waals surface area contributed by atoms with Crippen molar-refractivity contribution in [2.45, 2.75) is 39.5 Å². The van der Waals surface area contributed by atoms with Crippen molar-refractivity contribution in [2.24, 2.45) is 0 Å². The average molecular weight is 334 g/mol. The van der Waals surface area contributed by atoms with Crippen LogP contribution in [0.25, 0.3) is 11.6 Å². The van der Waals surface area contributed by atoms with E-state index in [2.05, 4.69) is 23.8 Å². The van der Waals surface area contributed by atoms with E-state index in [1.807, 2.05) is 0 Å². The van der Waals surface area contributed by atoms with Gasteiger partial charge in [0.05, 0.1) is 19.4 Å². The third-order valence-corrected chi connectivity index (χ3v) is 3.28. The Kier molecular flexibility index (Phi) is 6.60. The van der Waals surface area contributed by atoms with E-state index < -0.39 is 5.97 Å². The third kappa shape index (κ3) is 4.71. The Morgan fingerprint density at radius 2 is 1.83 bits per heavy atom. The Morgan fingerprint density at radius 3 is 2.42 bits per heavy atom. The van der Waals surface area contributed by atoms with Crippen LogP contribution in [-0.4, -0.2) is 34.3 Å². The zero-order valence-electron chi connectivity index (χ0n) is 13.9. The monoisotopic (exact) mass is 334 g/mol. The number of unbranched alkanes of at least 4 members (excludes halogenated alkanes) is 2. The van der Waals surface area contributed by atoms with Gasteiger partial charge in [0.2, 0.25) is 5.89 Å². The van der Waals surface area contributed by atoms with Crippen molar-refractivity contribution in [3.8, 4) is 23.1 Å². The van der Waals surface area contributed by atoms with Gasteiger partial charge >= 0.3 is 5.97 Å². The number of hydrogen-bond acceptors (Lipinski definition) is 6. The molecule has 7 nitrogen and oxygen atoms in total. The fourth-order valence-corrected chi connectivity index (χ4v) is 1.91. The first-order valence-corrected chi connectivity index (χ1v) is 8.10. The maximum atomic E-state index is 10.9. The van der Waals surface area contributed by atoms with Gasteiger partial charge in [0.15, 0.2) is 17.2 Å². The first-order chi connectivity index (χ1) is 11.7. The van der Waals surface area contributed by atoms with Crippen LogP contribution in [0.5, 0.6) is 11.5 Å². The van der Waals surface area contributed by atoms with Crippen molar-refractivity contribution in [3.05, 3.63) is 24.2 Å². The lowest BCUT2D eigenvalue weighted by molar-refractivity contribution is 0.0690. The summed E-state index contributed by atoms with van der Waals surface area (Å²) >= 11 is 0. The molecule has 24 heavy (non-hydrogen) atoms. The van der Waals surface area contributed by atoms with Crippen LogP contribution in [0.1, 0.15) is 50.0 Å². The molecule has 0 unspecified atom stereocenters. The molecule has 0 aliphatic carbocycles. The topological polar surface area (TPSA) is 94.7 Å². The Labute approximate surface area is 140 Å². The SMILES string of the molecule is CCCCOc1cnc(-c2nc(C(=O)O)co2)cc1OCCCC. The summed E-state index contributed by atoms with van der Waals surface area (Å²) in [4.78, 5) is 19.0. The van der Waals surface area contributed by atoms with Crippen LogP contribution in [0, 0.1) is 0 Å². The molecule has 0 aliphatic rings. The molecule has 7 heteroatoms. The Bertz CT molecular complexity index is 669. The molecular formula is C17H22N2O5. The number of carboxylic acids is 1. The van der Waals surface area contributed by atoms with Crippen molar-refractivity contribution >= 4 is 5.97 Å². The van der Waals surface area contributed by atoms with Gasteiger partial charge in [-0.15, -0.1) is 0 Å². The van der Waals surface area contributed by atoms with Crippen LogP contribution < -0.4 is 9.47 Å². The molecule has 2 rings (SSSR count). The molecule has 130 valence electrons. The number of carbonyl (C=O) groups is 1. The number of carboxylic acid groups (broad SMARTS) is 1. The van der Waals surface area contributed by atoms with Crippen LogP contribution in [0.3, 0.4) is 0 Å². The van der Waals surface area contributed by atoms with Crippen molar-refractivity contribution in [3.63, 3.8) is 0 Å². The number of hydrogen-bond donors (Lipinski definition) is 1. The highest BCUT2D eigenvalue weighted by atomic mass is 16.5. The second kappa shape index (κ2) is 8.90. The minimum Gasteiger partial charge on any atom is -0.490 e. The summed E-state index contributed by atoms with van der Waals surface area (Å²) < 4.78 is 16.7. The van der Waals surface area contributed by atoms with Crippen LogP contribution >= 0.6 is 0 Å². The molecule has 0 saturated carbocycles. The standard InChI is InChI=1S/C17H22N2O5/c1-3-5-7-22-14-9-12(16-19-13(11-24-16)17(20)21)18-10-15(14)23-8-6-4-2/h9-11H,3-8H2,1-2H3,(H,20,21). The van der Waals surface area contributed by atoms with Gasteiger partial charge in [-0.3, -0.25) is 0 Å². The quantitative estimate of drug-likeness (QED) is 0.660. The molecule has 1 N–H and O–H groups in total. The second-order valence-electron chi connectivity index (χ2n) is 5.26. The van der Waals surface area contributed by atoms with Gasteiger partial charge in [0.25, 0.3) is 0 Å². The van der Waals surface area contributed by atoms with E-state index in [1.165, 1.54) is 0 Å². The van der Waals surface area contributed by atoms with Gasteiger partial charge in [-0.2, -0.15) is 0 Å². The summed E-state index contributed by atoms with van der Waals surface area (Å²) in [7, 11) is 0. The first kappa shape index (κ1) is 17.8. The Morgan fingerprint density at radius 1 is 1.17 bits per heavy atom. The molecule has 2 aromatic heterocycles. The normalized spacial score (nSPS) is 10.6. The first-order valence-electron chi connectivity index (χ1n) is 8.10. The van der Waals surface area contributed by atoms with Gasteiger partial charge in [-0.05, 0) is 12.8 Å². The van der Waals surface area contributed by atoms with Crippen LogP contribution in [0.4, 0.5) is 0 Å². The van der Waals surface area contributed by atoms with Gasteiger partial charge in [-0.1, -0.05) is 26.7 Å². The number of pyridine rings is 1. The molecule has 0 spiro atoms. The van der Waals surface area contributed by atoms with Gasteiger partial charge < -0.3 is 19.0 Å². The average Bonchev–Trinajstić information content (AvgIpc) is 3.07. The predicted octanol–water partition coefficient (Wildman–Crippen LogP) is 3.79. The number of rotatable bonds is 10.